The third-order valence-corrected chi connectivity index (χ3v) is 5.59. The van der Waals surface area contributed by atoms with Crippen molar-refractivity contribution in [2.24, 2.45) is 5.10 Å². The number of amides is 2. The second-order valence-corrected chi connectivity index (χ2v) is 8.04. The van der Waals surface area contributed by atoms with Gasteiger partial charge in [0.15, 0.2) is 11.5 Å². The van der Waals surface area contributed by atoms with E-state index in [1.54, 1.807) is 50.4 Å². The Morgan fingerprint density at radius 2 is 1.71 bits per heavy atom. The Hall–Kier alpha value is -3.84. The van der Waals surface area contributed by atoms with E-state index < -0.39 is 11.8 Å². The van der Waals surface area contributed by atoms with Gasteiger partial charge in [-0.2, -0.15) is 5.10 Å². The molecule has 2 N–H and O–H groups in total. The second kappa shape index (κ2) is 11.3. The summed E-state index contributed by atoms with van der Waals surface area (Å²) in [5, 5.41) is 7.01. The first kappa shape index (κ1) is 24.8. The monoisotopic (exact) mass is 479 g/mol. The summed E-state index contributed by atoms with van der Waals surface area (Å²) in [6.45, 7) is 5.99. The van der Waals surface area contributed by atoms with Crippen LogP contribution in [0, 0.1) is 13.8 Å². The summed E-state index contributed by atoms with van der Waals surface area (Å²) < 4.78 is 11.4. The number of anilines is 1. The van der Waals surface area contributed by atoms with Crippen molar-refractivity contribution < 1.29 is 19.1 Å². The number of benzene rings is 3. The van der Waals surface area contributed by atoms with Gasteiger partial charge in [-0.3, -0.25) is 9.59 Å². The van der Waals surface area contributed by atoms with Crippen LogP contribution in [0.5, 0.6) is 11.5 Å². The highest BCUT2D eigenvalue weighted by Crippen LogP contribution is 2.29. The number of methoxy groups -OCH3 is 1. The molecule has 0 saturated heterocycles. The molecule has 3 rings (SSSR count). The van der Waals surface area contributed by atoms with Crippen LogP contribution < -0.4 is 20.2 Å². The molecule has 3 aromatic carbocycles. The average Bonchev–Trinajstić information content (AvgIpc) is 2.84. The van der Waals surface area contributed by atoms with Gasteiger partial charge in [0, 0.05) is 16.3 Å². The molecule has 0 spiro atoms. The molecule has 2 amide bonds. The molecule has 0 fully saturated rings. The number of ether oxygens (including phenoxy) is 2. The molecule has 34 heavy (non-hydrogen) atoms. The normalized spacial score (nSPS) is 11.0. The Bertz CT molecular complexity index is 1240. The van der Waals surface area contributed by atoms with E-state index in [-0.39, 0.29) is 0 Å². The zero-order valence-corrected chi connectivity index (χ0v) is 20.2. The number of hydrogen-bond donors (Lipinski definition) is 2. The minimum atomic E-state index is -0.902. The quantitative estimate of drug-likeness (QED) is 0.283. The Balaban J connectivity index is 1.63. The van der Waals surface area contributed by atoms with Crippen molar-refractivity contribution in [1.29, 1.82) is 0 Å². The predicted molar refractivity (Wildman–Crippen MR) is 134 cm³/mol. The van der Waals surface area contributed by atoms with Gasteiger partial charge in [-0.1, -0.05) is 41.9 Å². The lowest BCUT2D eigenvalue weighted by Crippen LogP contribution is -2.32. The van der Waals surface area contributed by atoms with Gasteiger partial charge < -0.3 is 14.8 Å². The van der Waals surface area contributed by atoms with Crippen LogP contribution in [0.25, 0.3) is 0 Å². The summed E-state index contributed by atoms with van der Waals surface area (Å²) in [5.41, 5.74) is 6.97. The zero-order chi connectivity index (χ0) is 24.7. The molecule has 0 saturated carbocycles. The first-order chi connectivity index (χ1) is 16.3. The number of carbonyl (C=O) groups is 2. The molecule has 0 bridgehead atoms. The minimum Gasteiger partial charge on any atom is -0.493 e. The van der Waals surface area contributed by atoms with E-state index in [2.05, 4.69) is 15.8 Å². The van der Waals surface area contributed by atoms with Crippen LogP contribution in [0.2, 0.25) is 5.02 Å². The van der Waals surface area contributed by atoms with E-state index in [0.29, 0.717) is 40.1 Å². The summed E-state index contributed by atoms with van der Waals surface area (Å²) >= 11 is 6.05. The number of rotatable bonds is 7. The molecule has 0 aliphatic heterocycles. The Kier molecular flexibility index (Phi) is 8.27. The lowest BCUT2D eigenvalue weighted by atomic mass is 10.1. The third-order valence-electron chi connectivity index (χ3n) is 5.19. The SMILES string of the molecule is COc1cc(C(C)=NNC(=O)C(=O)Nc2ccc(C)c(Cl)c2)ccc1OCc1ccccc1C. The summed E-state index contributed by atoms with van der Waals surface area (Å²) in [6.07, 6.45) is 0. The molecular formula is C26H26ClN3O4. The molecule has 0 heterocycles. The van der Waals surface area contributed by atoms with Gasteiger partial charge in [-0.15, -0.1) is 0 Å². The van der Waals surface area contributed by atoms with Gasteiger partial charge in [0.2, 0.25) is 0 Å². The number of hydrogen-bond acceptors (Lipinski definition) is 5. The van der Waals surface area contributed by atoms with Gasteiger partial charge >= 0.3 is 11.8 Å². The number of halogens is 1. The first-order valence-electron chi connectivity index (χ1n) is 10.6. The van der Waals surface area contributed by atoms with Gasteiger partial charge in [0.25, 0.3) is 0 Å². The standard InChI is InChI=1S/C26H26ClN3O4/c1-16-7-5-6-8-20(16)15-34-23-12-10-19(13-24(23)33-4)18(3)29-30-26(32)25(31)28-21-11-9-17(2)22(27)14-21/h5-14H,15H2,1-4H3,(H,28,31)(H,30,32). The summed E-state index contributed by atoms with van der Waals surface area (Å²) in [4.78, 5) is 24.3. The lowest BCUT2D eigenvalue weighted by Gasteiger charge is -2.13. The van der Waals surface area contributed by atoms with E-state index in [9.17, 15) is 9.59 Å². The molecule has 0 radical (unpaired) electrons. The molecule has 7 nitrogen and oxygen atoms in total. The highest BCUT2D eigenvalue weighted by molar-refractivity contribution is 6.40. The highest BCUT2D eigenvalue weighted by Gasteiger charge is 2.14. The largest absolute Gasteiger partial charge is 0.493 e. The topological polar surface area (TPSA) is 89.0 Å². The van der Waals surface area contributed by atoms with Crippen molar-refractivity contribution in [1.82, 2.24) is 5.43 Å². The van der Waals surface area contributed by atoms with E-state index in [1.165, 1.54) is 0 Å². The second-order valence-electron chi connectivity index (χ2n) is 7.64. The molecule has 3 aromatic rings. The summed E-state index contributed by atoms with van der Waals surface area (Å²) in [7, 11) is 1.55. The molecule has 8 heteroatoms. The van der Waals surface area contributed by atoms with E-state index in [1.807, 2.05) is 38.1 Å². The maximum Gasteiger partial charge on any atom is 0.329 e. The van der Waals surface area contributed by atoms with Crippen LogP contribution in [0.15, 0.2) is 65.8 Å². The van der Waals surface area contributed by atoms with Crippen molar-refractivity contribution in [3.05, 3.63) is 87.9 Å². The van der Waals surface area contributed by atoms with Crippen LogP contribution in [-0.2, 0) is 16.2 Å². The first-order valence-corrected chi connectivity index (χ1v) is 10.9. The maximum atomic E-state index is 12.2. The van der Waals surface area contributed by atoms with Crippen LogP contribution in [0.4, 0.5) is 5.69 Å². The Morgan fingerprint density at radius 1 is 0.941 bits per heavy atom. The maximum absolute atomic E-state index is 12.2. The van der Waals surface area contributed by atoms with Crippen molar-refractivity contribution >= 4 is 34.8 Å². The van der Waals surface area contributed by atoms with E-state index in [0.717, 1.165) is 16.7 Å². The van der Waals surface area contributed by atoms with Gasteiger partial charge in [-0.25, -0.2) is 5.43 Å². The fourth-order valence-electron chi connectivity index (χ4n) is 3.05. The molecule has 0 aliphatic rings. The highest BCUT2D eigenvalue weighted by atomic mass is 35.5. The van der Waals surface area contributed by atoms with Crippen molar-refractivity contribution in [3.63, 3.8) is 0 Å². The van der Waals surface area contributed by atoms with Crippen LogP contribution in [0.3, 0.4) is 0 Å². The van der Waals surface area contributed by atoms with Crippen LogP contribution in [0.1, 0.15) is 29.2 Å². The number of carbonyl (C=O) groups excluding carboxylic acids is 2. The molecular weight excluding hydrogens is 454 g/mol. The Labute approximate surface area is 203 Å². The zero-order valence-electron chi connectivity index (χ0n) is 19.4. The fraction of sp³-hybridized carbons (Fsp3) is 0.192. The number of nitrogens with zero attached hydrogens (tertiary/aromatic N) is 1. The van der Waals surface area contributed by atoms with Crippen LogP contribution >= 0.6 is 11.6 Å². The fourth-order valence-corrected chi connectivity index (χ4v) is 3.23. The smallest absolute Gasteiger partial charge is 0.329 e. The number of hydrazone groups is 1. The molecule has 176 valence electrons. The van der Waals surface area contributed by atoms with Crippen LogP contribution in [-0.4, -0.2) is 24.6 Å². The Morgan fingerprint density at radius 3 is 2.41 bits per heavy atom. The van der Waals surface area contributed by atoms with E-state index >= 15 is 0 Å². The minimum absolute atomic E-state index is 0.410. The molecule has 0 atom stereocenters. The summed E-state index contributed by atoms with van der Waals surface area (Å²) in [5.74, 6) is -0.640. The molecule has 0 aliphatic carbocycles. The average molecular weight is 480 g/mol. The third kappa shape index (κ3) is 6.36. The van der Waals surface area contributed by atoms with Gasteiger partial charge in [-0.05, 0) is 67.8 Å². The lowest BCUT2D eigenvalue weighted by molar-refractivity contribution is -0.136. The molecule has 0 unspecified atom stereocenters. The van der Waals surface area contributed by atoms with Crippen molar-refractivity contribution in [3.8, 4) is 11.5 Å². The summed E-state index contributed by atoms with van der Waals surface area (Å²) in [6, 6.07) is 18.3. The van der Waals surface area contributed by atoms with Crippen molar-refractivity contribution in [2.45, 2.75) is 27.4 Å². The van der Waals surface area contributed by atoms with E-state index in [4.69, 9.17) is 21.1 Å². The number of aryl methyl sites for hydroxylation is 2. The van der Waals surface area contributed by atoms with Crippen molar-refractivity contribution in [2.75, 3.05) is 12.4 Å². The van der Waals surface area contributed by atoms with Gasteiger partial charge in [0.1, 0.15) is 6.61 Å². The number of nitrogens with one attached hydrogen (secondary N) is 2. The predicted octanol–water partition coefficient (Wildman–Crippen LogP) is 5.02. The van der Waals surface area contributed by atoms with Gasteiger partial charge in [0.05, 0.1) is 12.8 Å². The molecule has 0 aromatic heterocycles.